The lowest BCUT2D eigenvalue weighted by atomic mass is 9.83. The van der Waals surface area contributed by atoms with Gasteiger partial charge in [-0.2, -0.15) is 5.10 Å². The number of nitrogens with zero attached hydrogens (tertiary/aromatic N) is 2. The van der Waals surface area contributed by atoms with Crippen molar-refractivity contribution in [3.63, 3.8) is 0 Å². The maximum atomic E-state index is 4.52. The summed E-state index contributed by atoms with van der Waals surface area (Å²) in [5.74, 6) is 0.764. The van der Waals surface area contributed by atoms with Crippen molar-refractivity contribution in [2.24, 2.45) is 13.0 Å². The molecular formula is C16H27N3. The Morgan fingerprint density at radius 3 is 2.53 bits per heavy atom. The minimum Gasteiger partial charge on any atom is -0.316 e. The average molecular weight is 261 g/mol. The molecule has 3 heteroatoms. The van der Waals surface area contributed by atoms with Gasteiger partial charge in [0.05, 0.1) is 5.69 Å². The summed E-state index contributed by atoms with van der Waals surface area (Å²) in [4.78, 5) is 0. The summed E-state index contributed by atoms with van der Waals surface area (Å²) in [5.41, 5.74) is 5.28. The van der Waals surface area contributed by atoms with Crippen molar-refractivity contribution < 1.29 is 0 Å². The molecule has 0 aromatic carbocycles. The molecule has 0 amide bonds. The zero-order valence-electron chi connectivity index (χ0n) is 12.8. The SMILES string of the molecule is CNCC(=Cc1c(C)nn(C)c1C)C1CCCCC1. The summed E-state index contributed by atoms with van der Waals surface area (Å²) in [6, 6.07) is 0. The normalized spacial score (nSPS) is 18.0. The van der Waals surface area contributed by atoms with Crippen molar-refractivity contribution in [1.82, 2.24) is 15.1 Å². The van der Waals surface area contributed by atoms with E-state index in [-0.39, 0.29) is 0 Å². The first-order valence-electron chi connectivity index (χ1n) is 7.48. The number of hydrogen-bond donors (Lipinski definition) is 1. The highest BCUT2D eigenvalue weighted by Crippen LogP contribution is 2.31. The van der Waals surface area contributed by atoms with Crippen molar-refractivity contribution >= 4 is 6.08 Å². The van der Waals surface area contributed by atoms with Crippen molar-refractivity contribution in [2.75, 3.05) is 13.6 Å². The molecule has 1 aliphatic rings. The smallest absolute Gasteiger partial charge is 0.0668 e. The fraction of sp³-hybridized carbons (Fsp3) is 0.688. The van der Waals surface area contributed by atoms with Gasteiger partial charge in [-0.05, 0) is 39.7 Å². The Bertz CT molecular complexity index is 451. The van der Waals surface area contributed by atoms with E-state index in [0.717, 1.165) is 18.2 Å². The third-order valence-corrected chi connectivity index (χ3v) is 4.41. The summed E-state index contributed by atoms with van der Waals surface area (Å²) in [6.45, 7) is 5.26. The number of likely N-dealkylation sites (N-methyl/N-ethyl adjacent to an activating group) is 1. The lowest BCUT2D eigenvalue weighted by Gasteiger charge is -2.24. The number of aromatic nitrogens is 2. The van der Waals surface area contributed by atoms with Crippen LogP contribution in [0.5, 0.6) is 0 Å². The Morgan fingerprint density at radius 1 is 1.32 bits per heavy atom. The highest BCUT2D eigenvalue weighted by molar-refractivity contribution is 5.58. The molecule has 106 valence electrons. The van der Waals surface area contributed by atoms with Gasteiger partial charge in [0.2, 0.25) is 0 Å². The van der Waals surface area contributed by atoms with E-state index in [9.17, 15) is 0 Å². The van der Waals surface area contributed by atoms with Gasteiger partial charge >= 0.3 is 0 Å². The van der Waals surface area contributed by atoms with Crippen LogP contribution in [0, 0.1) is 19.8 Å². The van der Waals surface area contributed by atoms with Gasteiger partial charge in [-0.3, -0.25) is 4.68 Å². The number of rotatable bonds is 4. The van der Waals surface area contributed by atoms with Crippen LogP contribution in [0.25, 0.3) is 6.08 Å². The van der Waals surface area contributed by atoms with Crippen molar-refractivity contribution in [1.29, 1.82) is 0 Å². The first-order chi connectivity index (χ1) is 9.13. The minimum absolute atomic E-state index is 0.764. The largest absolute Gasteiger partial charge is 0.316 e. The van der Waals surface area contributed by atoms with Gasteiger partial charge in [-0.1, -0.05) is 30.9 Å². The quantitative estimate of drug-likeness (QED) is 0.902. The molecule has 0 saturated heterocycles. The fourth-order valence-electron chi connectivity index (χ4n) is 3.17. The van der Waals surface area contributed by atoms with Gasteiger partial charge < -0.3 is 5.32 Å². The fourth-order valence-corrected chi connectivity index (χ4v) is 3.17. The summed E-state index contributed by atoms with van der Waals surface area (Å²) in [6.07, 6.45) is 9.28. The lowest BCUT2D eigenvalue weighted by Crippen LogP contribution is -2.19. The number of hydrogen-bond acceptors (Lipinski definition) is 2. The van der Waals surface area contributed by atoms with Crippen LogP contribution in [0.3, 0.4) is 0 Å². The molecule has 1 N–H and O–H groups in total. The molecule has 0 unspecified atom stereocenters. The molecule has 1 aromatic rings. The highest BCUT2D eigenvalue weighted by Gasteiger charge is 2.18. The molecule has 0 radical (unpaired) electrons. The van der Waals surface area contributed by atoms with E-state index in [1.165, 1.54) is 43.4 Å². The molecule has 0 bridgehead atoms. The van der Waals surface area contributed by atoms with E-state index in [2.05, 4.69) is 30.3 Å². The molecule has 0 aliphatic heterocycles. The maximum absolute atomic E-state index is 4.52. The average Bonchev–Trinajstić information content (AvgIpc) is 2.65. The Hall–Kier alpha value is -1.09. The van der Waals surface area contributed by atoms with Crippen LogP contribution in [0.2, 0.25) is 0 Å². The summed E-state index contributed by atoms with van der Waals surface area (Å²) < 4.78 is 1.99. The summed E-state index contributed by atoms with van der Waals surface area (Å²) >= 11 is 0. The Morgan fingerprint density at radius 2 is 2.00 bits per heavy atom. The van der Waals surface area contributed by atoms with Gasteiger partial charge in [0.15, 0.2) is 0 Å². The predicted molar refractivity (Wildman–Crippen MR) is 81.2 cm³/mol. The van der Waals surface area contributed by atoms with E-state index >= 15 is 0 Å². The van der Waals surface area contributed by atoms with Crippen LogP contribution >= 0.6 is 0 Å². The van der Waals surface area contributed by atoms with E-state index in [1.807, 2.05) is 18.8 Å². The standard InChI is InChI=1S/C16H27N3/c1-12-16(13(2)19(4)18-12)10-15(11-17-3)14-8-6-5-7-9-14/h10,14,17H,5-9,11H2,1-4H3. The molecule has 1 fully saturated rings. The van der Waals surface area contributed by atoms with Gasteiger partial charge in [-0.25, -0.2) is 0 Å². The van der Waals surface area contributed by atoms with Crippen molar-refractivity contribution in [3.05, 3.63) is 22.5 Å². The molecule has 1 heterocycles. The van der Waals surface area contributed by atoms with Crippen LogP contribution in [0.15, 0.2) is 5.57 Å². The van der Waals surface area contributed by atoms with E-state index in [0.29, 0.717) is 0 Å². The third-order valence-electron chi connectivity index (χ3n) is 4.41. The lowest BCUT2D eigenvalue weighted by molar-refractivity contribution is 0.398. The number of nitrogens with one attached hydrogen (secondary N) is 1. The first-order valence-corrected chi connectivity index (χ1v) is 7.48. The molecular weight excluding hydrogens is 234 g/mol. The second-order valence-corrected chi connectivity index (χ2v) is 5.79. The van der Waals surface area contributed by atoms with E-state index < -0.39 is 0 Å². The third kappa shape index (κ3) is 3.27. The van der Waals surface area contributed by atoms with Crippen molar-refractivity contribution in [3.8, 4) is 0 Å². The number of aryl methyl sites for hydroxylation is 2. The first kappa shape index (κ1) is 14.3. The monoisotopic (exact) mass is 261 g/mol. The van der Waals surface area contributed by atoms with E-state index in [4.69, 9.17) is 0 Å². The van der Waals surface area contributed by atoms with Crippen LogP contribution in [-0.4, -0.2) is 23.4 Å². The van der Waals surface area contributed by atoms with Crippen LogP contribution in [0.4, 0.5) is 0 Å². The molecule has 2 rings (SSSR count). The molecule has 3 nitrogen and oxygen atoms in total. The second-order valence-electron chi connectivity index (χ2n) is 5.79. The van der Waals surface area contributed by atoms with Crippen molar-refractivity contribution in [2.45, 2.75) is 46.0 Å². The Labute approximate surface area is 117 Å². The zero-order valence-corrected chi connectivity index (χ0v) is 12.8. The van der Waals surface area contributed by atoms with Gasteiger partial charge in [-0.15, -0.1) is 0 Å². The molecule has 0 atom stereocenters. The Balaban J connectivity index is 2.28. The molecule has 0 spiro atoms. The summed E-state index contributed by atoms with van der Waals surface area (Å²) in [7, 11) is 4.07. The van der Waals surface area contributed by atoms with Gasteiger partial charge in [0.1, 0.15) is 0 Å². The zero-order chi connectivity index (χ0) is 13.8. The molecule has 1 aromatic heterocycles. The molecule has 19 heavy (non-hydrogen) atoms. The second kappa shape index (κ2) is 6.38. The predicted octanol–water partition coefficient (Wildman–Crippen LogP) is 3.22. The van der Waals surface area contributed by atoms with E-state index in [1.54, 1.807) is 5.57 Å². The molecule has 1 saturated carbocycles. The van der Waals surface area contributed by atoms with Crippen LogP contribution < -0.4 is 5.32 Å². The van der Waals surface area contributed by atoms with Crippen LogP contribution in [0.1, 0.15) is 49.1 Å². The minimum atomic E-state index is 0.764. The van der Waals surface area contributed by atoms with Gasteiger partial charge in [0.25, 0.3) is 0 Å². The topological polar surface area (TPSA) is 29.9 Å². The highest BCUT2D eigenvalue weighted by atomic mass is 15.3. The van der Waals surface area contributed by atoms with Crippen LogP contribution in [-0.2, 0) is 7.05 Å². The molecule has 1 aliphatic carbocycles. The maximum Gasteiger partial charge on any atom is 0.0668 e. The Kier molecular flexibility index (Phi) is 4.81. The summed E-state index contributed by atoms with van der Waals surface area (Å²) in [5, 5.41) is 7.86. The van der Waals surface area contributed by atoms with Gasteiger partial charge in [0, 0.05) is 24.8 Å².